The molecule has 0 spiro atoms. The van der Waals surface area contributed by atoms with Crippen LogP contribution in [-0.2, 0) is 16.0 Å². The van der Waals surface area contributed by atoms with Gasteiger partial charge in [0.25, 0.3) is 0 Å². The second-order valence-corrected chi connectivity index (χ2v) is 7.51. The number of benzene rings is 1. The van der Waals surface area contributed by atoms with Crippen molar-refractivity contribution >= 4 is 17.6 Å². The topological polar surface area (TPSA) is 63.9 Å². The molecule has 0 bridgehead atoms. The van der Waals surface area contributed by atoms with Crippen LogP contribution in [0, 0.1) is 0 Å². The number of ether oxygens (including phenoxy) is 2. The summed E-state index contributed by atoms with van der Waals surface area (Å²) in [5.41, 5.74) is 2.08. The van der Waals surface area contributed by atoms with E-state index >= 15 is 0 Å². The summed E-state index contributed by atoms with van der Waals surface area (Å²) in [7, 11) is 3.55. The molecule has 1 aliphatic heterocycles. The lowest BCUT2D eigenvalue weighted by molar-refractivity contribution is 0.00989. The Morgan fingerprint density at radius 3 is 2.69 bits per heavy atom. The van der Waals surface area contributed by atoms with Crippen LogP contribution in [0.2, 0.25) is 5.02 Å². The monoisotopic (exact) mass is 419 g/mol. The number of hydrogen-bond acceptors (Lipinski definition) is 4. The third kappa shape index (κ3) is 6.45. The van der Waals surface area contributed by atoms with E-state index in [0.717, 1.165) is 67.8 Å². The Morgan fingerprint density at radius 2 is 2.00 bits per heavy atom. The Kier molecular flexibility index (Phi) is 8.34. The summed E-state index contributed by atoms with van der Waals surface area (Å²) in [5, 5.41) is 8.61. The highest BCUT2D eigenvalue weighted by Gasteiger charge is 2.21. The standard InChI is InChI=1S/C21H30ClN5O2/c1-23-21(26-10-8-20(9-11-26)29-13-3-12-28-2)24-14-17-15-25-27(16-17)19-6-4-18(22)5-7-19/h4-7,15-16,20H,3,8-14H2,1-2H3,(H,23,24). The van der Waals surface area contributed by atoms with Gasteiger partial charge in [-0.25, -0.2) is 4.68 Å². The first-order valence-corrected chi connectivity index (χ1v) is 10.4. The molecule has 158 valence electrons. The van der Waals surface area contributed by atoms with Crippen molar-refractivity contribution in [3.8, 4) is 5.69 Å². The highest BCUT2D eigenvalue weighted by atomic mass is 35.5. The highest BCUT2D eigenvalue weighted by Crippen LogP contribution is 2.15. The fourth-order valence-corrected chi connectivity index (χ4v) is 3.51. The lowest BCUT2D eigenvalue weighted by Gasteiger charge is -2.34. The minimum atomic E-state index is 0.332. The van der Waals surface area contributed by atoms with Gasteiger partial charge in [-0.05, 0) is 43.5 Å². The average Bonchev–Trinajstić information content (AvgIpc) is 3.22. The number of rotatable bonds is 8. The summed E-state index contributed by atoms with van der Waals surface area (Å²) >= 11 is 5.95. The van der Waals surface area contributed by atoms with Crippen molar-refractivity contribution in [1.29, 1.82) is 0 Å². The summed E-state index contributed by atoms with van der Waals surface area (Å²) in [6.07, 6.45) is 7.20. The lowest BCUT2D eigenvalue weighted by Crippen LogP contribution is -2.46. The van der Waals surface area contributed by atoms with Gasteiger partial charge in [-0.3, -0.25) is 4.99 Å². The normalized spacial score (nSPS) is 15.7. The van der Waals surface area contributed by atoms with Crippen molar-refractivity contribution < 1.29 is 9.47 Å². The predicted octanol–water partition coefficient (Wildman–Crippen LogP) is 3.12. The Labute approximate surface area is 177 Å². The first kappa shape index (κ1) is 21.6. The van der Waals surface area contributed by atoms with Gasteiger partial charge in [0, 0.05) is 63.8 Å². The molecular weight excluding hydrogens is 390 g/mol. The van der Waals surface area contributed by atoms with Crippen LogP contribution in [0.25, 0.3) is 5.69 Å². The Bertz CT molecular complexity index is 770. The van der Waals surface area contributed by atoms with Gasteiger partial charge >= 0.3 is 0 Å². The zero-order valence-electron chi connectivity index (χ0n) is 17.2. The number of methoxy groups -OCH3 is 1. The van der Waals surface area contributed by atoms with Gasteiger partial charge in [0.1, 0.15) is 0 Å². The molecule has 8 heteroatoms. The molecule has 7 nitrogen and oxygen atoms in total. The fraction of sp³-hybridized carbons (Fsp3) is 0.524. The van der Waals surface area contributed by atoms with E-state index in [9.17, 15) is 0 Å². The number of halogens is 1. The Balaban J connectivity index is 1.45. The van der Waals surface area contributed by atoms with E-state index in [1.165, 1.54) is 0 Å². The molecule has 1 aliphatic rings. The minimum absolute atomic E-state index is 0.332. The van der Waals surface area contributed by atoms with Crippen molar-refractivity contribution in [2.45, 2.75) is 31.9 Å². The lowest BCUT2D eigenvalue weighted by atomic mass is 10.1. The number of guanidine groups is 1. The second-order valence-electron chi connectivity index (χ2n) is 7.07. The zero-order chi connectivity index (χ0) is 20.5. The second kappa shape index (κ2) is 11.2. The van der Waals surface area contributed by atoms with Gasteiger partial charge < -0.3 is 19.7 Å². The molecule has 0 radical (unpaired) electrons. The van der Waals surface area contributed by atoms with Gasteiger partial charge in [0.05, 0.1) is 18.0 Å². The van der Waals surface area contributed by atoms with Crippen LogP contribution in [0.4, 0.5) is 0 Å². The highest BCUT2D eigenvalue weighted by molar-refractivity contribution is 6.30. The van der Waals surface area contributed by atoms with Crippen molar-refractivity contribution in [2.24, 2.45) is 4.99 Å². The maximum atomic E-state index is 5.95. The van der Waals surface area contributed by atoms with Crippen LogP contribution in [-0.4, -0.2) is 67.2 Å². The summed E-state index contributed by atoms with van der Waals surface area (Å²) in [4.78, 5) is 6.74. The van der Waals surface area contributed by atoms with Crippen molar-refractivity contribution in [3.63, 3.8) is 0 Å². The molecule has 1 aromatic heterocycles. The maximum absolute atomic E-state index is 5.95. The van der Waals surface area contributed by atoms with Gasteiger partial charge in [0.2, 0.25) is 0 Å². The number of likely N-dealkylation sites (tertiary alicyclic amines) is 1. The van der Waals surface area contributed by atoms with E-state index in [4.69, 9.17) is 21.1 Å². The van der Waals surface area contributed by atoms with Crippen LogP contribution in [0.3, 0.4) is 0 Å². The first-order valence-electron chi connectivity index (χ1n) is 10.0. The molecule has 2 heterocycles. The summed E-state index contributed by atoms with van der Waals surface area (Å²) < 4.78 is 12.9. The Morgan fingerprint density at radius 1 is 1.24 bits per heavy atom. The number of aliphatic imine (C=N–C) groups is 1. The van der Waals surface area contributed by atoms with E-state index in [1.807, 2.05) is 48.4 Å². The SMILES string of the molecule is CN=C(NCc1cnn(-c2ccc(Cl)cc2)c1)N1CCC(OCCCOC)CC1. The van der Waals surface area contributed by atoms with Crippen molar-refractivity contribution in [2.75, 3.05) is 40.5 Å². The number of hydrogen-bond donors (Lipinski definition) is 1. The molecule has 0 saturated carbocycles. The van der Waals surface area contributed by atoms with Gasteiger partial charge in [-0.1, -0.05) is 11.6 Å². The average molecular weight is 420 g/mol. The van der Waals surface area contributed by atoms with Crippen molar-refractivity contribution in [1.82, 2.24) is 20.0 Å². The number of aromatic nitrogens is 2. The third-order valence-corrected chi connectivity index (χ3v) is 5.23. The molecule has 2 aromatic rings. The fourth-order valence-electron chi connectivity index (χ4n) is 3.39. The molecule has 0 unspecified atom stereocenters. The molecule has 1 aromatic carbocycles. The van der Waals surface area contributed by atoms with E-state index in [2.05, 4.69) is 20.3 Å². The molecule has 0 aliphatic carbocycles. The van der Waals surface area contributed by atoms with Gasteiger partial charge in [-0.15, -0.1) is 0 Å². The summed E-state index contributed by atoms with van der Waals surface area (Å²) in [6.45, 7) is 4.08. The number of nitrogens with one attached hydrogen (secondary N) is 1. The molecule has 3 rings (SSSR count). The van der Waals surface area contributed by atoms with Gasteiger partial charge in [0.15, 0.2) is 5.96 Å². The number of piperidine rings is 1. The maximum Gasteiger partial charge on any atom is 0.193 e. The van der Waals surface area contributed by atoms with Crippen LogP contribution in [0.1, 0.15) is 24.8 Å². The van der Waals surface area contributed by atoms with Crippen LogP contribution in [0.15, 0.2) is 41.7 Å². The smallest absolute Gasteiger partial charge is 0.193 e. The van der Waals surface area contributed by atoms with E-state index in [1.54, 1.807) is 7.11 Å². The van der Waals surface area contributed by atoms with Crippen molar-refractivity contribution in [3.05, 3.63) is 47.2 Å². The van der Waals surface area contributed by atoms with E-state index < -0.39 is 0 Å². The van der Waals surface area contributed by atoms with Gasteiger partial charge in [-0.2, -0.15) is 5.10 Å². The van der Waals surface area contributed by atoms with E-state index in [-0.39, 0.29) is 0 Å². The molecule has 29 heavy (non-hydrogen) atoms. The van der Waals surface area contributed by atoms with Crippen LogP contribution in [0.5, 0.6) is 0 Å². The third-order valence-electron chi connectivity index (χ3n) is 4.98. The molecule has 0 amide bonds. The summed E-state index contributed by atoms with van der Waals surface area (Å²) in [5.74, 6) is 0.919. The largest absolute Gasteiger partial charge is 0.385 e. The number of nitrogens with zero attached hydrogens (tertiary/aromatic N) is 4. The predicted molar refractivity (Wildman–Crippen MR) is 116 cm³/mol. The van der Waals surface area contributed by atoms with Crippen LogP contribution < -0.4 is 5.32 Å². The van der Waals surface area contributed by atoms with E-state index in [0.29, 0.717) is 12.6 Å². The molecular formula is C21H30ClN5O2. The quantitative estimate of drug-likeness (QED) is 0.404. The molecule has 0 atom stereocenters. The summed E-state index contributed by atoms with van der Waals surface area (Å²) in [6, 6.07) is 7.63. The first-order chi connectivity index (χ1) is 14.2. The zero-order valence-corrected chi connectivity index (χ0v) is 17.9. The molecule has 1 N–H and O–H groups in total. The minimum Gasteiger partial charge on any atom is -0.385 e. The van der Waals surface area contributed by atoms with Crippen LogP contribution >= 0.6 is 11.6 Å². The molecule has 1 fully saturated rings. The molecule has 1 saturated heterocycles. The Hall–Kier alpha value is -2.09.